The zero-order chi connectivity index (χ0) is 30.3. The van der Waals surface area contributed by atoms with Crippen molar-refractivity contribution >= 4 is 54.7 Å². The van der Waals surface area contributed by atoms with Crippen molar-refractivity contribution in [2.45, 2.75) is 178 Å². The van der Waals surface area contributed by atoms with Crippen molar-refractivity contribution in [1.82, 2.24) is 0 Å². The van der Waals surface area contributed by atoms with Crippen molar-refractivity contribution in [3.8, 4) is 0 Å². The fraction of sp³-hybridized carbons (Fsp3) is 0.941. The molecule has 0 saturated carbocycles. The molecule has 0 fully saturated rings. The van der Waals surface area contributed by atoms with Crippen LogP contribution in [0.4, 0.5) is 0 Å². The third-order valence-electron chi connectivity index (χ3n) is 7.56. The van der Waals surface area contributed by atoms with Crippen molar-refractivity contribution in [2.24, 2.45) is 0 Å². The molecular weight excluding hydrogens is 655 g/mol. The summed E-state index contributed by atoms with van der Waals surface area (Å²) in [5, 5.41) is 0. The molecule has 0 aliphatic heterocycles. The number of thioether (sulfide) groups is 2. The van der Waals surface area contributed by atoms with E-state index in [0.29, 0.717) is 11.5 Å². The molecule has 0 heterocycles. The van der Waals surface area contributed by atoms with Crippen molar-refractivity contribution in [1.29, 1.82) is 0 Å². The molecule has 0 atom stereocenters. The molecule has 0 aliphatic rings. The summed E-state index contributed by atoms with van der Waals surface area (Å²) in [5.41, 5.74) is 0. The Kier molecular flexibility index (Phi) is 32.2. The first-order chi connectivity index (χ1) is 20.0. The van der Waals surface area contributed by atoms with Gasteiger partial charge in [0.05, 0.1) is 0 Å². The Labute approximate surface area is 269 Å². The molecule has 0 aromatic carbocycles. The molecule has 0 aliphatic carbocycles. The van der Waals surface area contributed by atoms with Crippen molar-refractivity contribution < 1.29 is 15.7 Å². The Morgan fingerprint density at radius 2 is 0.732 bits per heavy atom. The van der Waals surface area contributed by atoms with E-state index in [4.69, 9.17) is 6.15 Å². The molecule has 7 heteroatoms. The van der Waals surface area contributed by atoms with Gasteiger partial charge in [0.25, 0.3) is 0 Å². The number of unbranched alkanes of at least 4 members (excludes halogenated alkanes) is 18. The topological polar surface area (TPSA) is 52.6 Å². The Bertz CT molecular complexity index is 541. The predicted octanol–water partition coefficient (Wildman–Crippen LogP) is 11.6. The van der Waals surface area contributed by atoms with E-state index in [1.54, 1.807) is 23.5 Å². The summed E-state index contributed by atoms with van der Waals surface area (Å²) in [5.74, 6) is 2.39. The minimum atomic E-state index is -3.89. The number of hydrogen-bond donors (Lipinski definition) is 0. The minimum absolute atomic E-state index is 0.146. The Morgan fingerprint density at radius 3 is 1.02 bits per heavy atom. The van der Waals surface area contributed by atoms with Gasteiger partial charge < -0.3 is 0 Å². The predicted molar refractivity (Wildman–Crippen MR) is 186 cm³/mol. The third kappa shape index (κ3) is 27.7. The SMILES string of the molecule is CCCCCCCCCCC[CH2][Sn]([CH2]CCCCCCCCCCC)([O]C(=O)CSCCC)[O]C(=O)CSCCC. The van der Waals surface area contributed by atoms with Crippen LogP contribution >= 0.6 is 23.5 Å². The van der Waals surface area contributed by atoms with Crippen LogP contribution in [0.25, 0.3) is 0 Å². The van der Waals surface area contributed by atoms with Crippen LogP contribution in [0.5, 0.6) is 0 Å². The summed E-state index contributed by atoms with van der Waals surface area (Å²) in [7, 11) is 0. The first-order valence-corrected chi connectivity index (χ1v) is 26.3. The van der Waals surface area contributed by atoms with Crippen molar-refractivity contribution in [2.75, 3.05) is 23.0 Å². The Morgan fingerprint density at radius 1 is 0.439 bits per heavy atom. The van der Waals surface area contributed by atoms with Crippen LogP contribution in [0.2, 0.25) is 8.87 Å². The average Bonchev–Trinajstić information content (AvgIpc) is 2.95. The van der Waals surface area contributed by atoms with E-state index in [-0.39, 0.29) is 11.9 Å². The van der Waals surface area contributed by atoms with Gasteiger partial charge in [-0.15, -0.1) is 0 Å². The Balaban J connectivity index is 4.97. The summed E-state index contributed by atoms with van der Waals surface area (Å²) in [6.45, 7) is 8.80. The normalized spacial score (nSPS) is 11.6. The van der Waals surface area contributed by atoms with E-state index in [0.717, 1.165) is 58.9 Å². The van der Waals surface area contributed by atoms with Crippen LogP contribution in [0.1, 0.15) is 169 Å². The fourth-order valence-electron chi connectivity index (χ4n) is 5.19. The molecule has 0 aromatic heterocycles. The standard InChI is InChI=1S/2C12H25.2C5H10O2S.Sn/c2*1-3-5-7-9-11-12-10-8-6-4-2;2*1-2-3-8-4-5(6)7;/h2*1,3-12H2,2H3;2*2-4H2,1H3,(H,6,7);/q;;;;+2/p-2. The van der Waals surface area contributed by atoms with E-state index in [2.05, 4.69) is 27.7 Å². The van der Waals surface area contributed by atoms with Gasteiger partial charge in [-0.05, 0) is 0 Å². The second-order valence-electron chi connectivity index (χ2n) is 11.8. The number of rotatable bonds is 32. The molecule has 0 rings (SSSR count). The summed E-state index contributed by atoms with van der Waals surface area (Å²) in [6, 6.07) is 0. The summed E-state index contributed by atoms with van der Waals surface area (Å²) >= 11 is -0.612. The van der Waals surface area contributed by atoms with Gasteiger partial charge in [0.15, 0.2) is 0 Å². The maximum absolute atomic E-state index is 13.0. The number of hydrogen-bond acceptors (Lipinski definition) is 6. The van der Waals surface area contributed by atoms with Gasteiger partial charge >= 0.3 is 271 Å². The zero-order valence-electron chi connectivity index (χ0n) is 27.7. The van der Waals surface area contributed by atoms with Crippen LogP contribution in [0.3, 0.4) is 0 Å². The second-order valence-corrected chi connectivity index (χ2v) is 23.3. The zero-order valence-corrected chi connectivity index (χ0v) is 32.2. The second kappa shape index (κ2) is 31.9. The Hall–Kier alpha value is 0.439. The average molecular weight is 724 g/mol. The van der Waals surface area contributed by atoms with E-state index < -0.39 is 19.2 Å². The molecule has 0 amide bonds. The van der Waals surface area contributed by atoms with Crippen LogP contribution in [-0.4, -0.2) is 54.2 Å². The van der Waals surface area contributed by atoms with Gasteiger partial charge in [-0.1, -0.05) is 0 Å². The van der Waals surface area contributed by atoms with Gasteiger partial charge in [0.2, 0.25) is 0 Å². The fourth-order valence-corrected chi connectivity index (χ4v) is 16.4. The number of carbonyl (C=O) groups is 2. The van der Waals surface area contributed by atoms with Crippen LogP contribution in [-0.2, 0) is 15.7 Å². The van der Waals surface area contributed by atoms with Crippen LogP contribution < -0.4 is 0 Å². The molecule has 0 bridgehead atoms. The molecule has 4 nitrogen and oxygen atoms in total. The van der Waals surface area contributed by atoms with Crippen LogP contribution in [0, 0.1) is 0 Å². The van der Waals surface area contributed by atoms with Gasteiger partial charge in [-0.2, -0.15) is 0 Å². The monoisotopic (exact) mass is 724 g/mol. The first kappa shape index (κ1) is 41.4. The molecular formula is C34H68O4S2Sn. The number of carbonyl (C=O) groups excluding carboxylic acids is 2. The van der Waals surface area contributed by atoms with Gasteiger partial charge in [0, 0.05) is 0 Å². The summed E-state index contributed by atoms with van der Waals surface area (Å²) < 4.78 is 14.3. The molecule has 0 unspecified atom stereocenters. The van der Waals surface area contributed by atoms with Crippen molar-refractivity contribution in [3.63, 3.8) is 0 Å². The van der Waals surface area contributed by atoms with Crippen molar-refractivity contribution in [3.05, 3.63) is 0 Å². The molecule has 0 radical (unpaired) electrons. The molecule has 0 saturated heterocycles. The molecule has 0 spiro atoms. The quantitative estimate of drug-likeness (QED) is 0.0509. The molecule has 41 heavy (non-hydrogen) atoms. The van der Waals surface area contributed by atoms with E-state index in [1.807, 2.05) is 0 Å². The third-order valence-corrected chi connectivity index (χ3v) is 19.6. The maximum atomic E-state index is 13.0. The molecule has 244 valence electrons. The van der Waals surface area contributed by atoms with E-state index >= 15 is 0 Å². The van der Waals surface area contributed by atoms with E-state index in [1.165, 1.54) is 103 Å². The summed E-state index contributed by atoms with van der Waals surface area (Å²) in [6.07, 6.45) is 27.6. The summed E-state index contributed by atoms with van der Waals surface area (Å²) in [4.78, 5) is 25.9. The van der Waals surface area contributed by atoms with Gasteiger partial charge in [-0.25, -0.2) is 0 Å². The van der Waals surface area contributed by atoms with Gasteiger partial charge in [-0.3, -0.25) is 0 Å². The molecule has 0 aromatic rings. The molecule has 0 N–H and O–H groups in total. The van der Waals surface area contributed by atoms with E-state index in [9.17, 15) is 9.59 Å². The van der Waals surface area contributed by atoms with Crippen LogP contribution in [0.15, 0.2) is 0 Å². The van der Waals surface area contributed by atoms with Gasteiger partial charge in [0.1, 0.15) is 0 Å². The first-order valence-electron chi connectivity index (χ1n) is 17.6.